The summed E-state index contributed by atoms with van der Waals surface area (Å²) in [5.41, 5.74) is 0.603. The molecule has 1 atom stereocenters. The fourth-order valence-corrected chi connectivity index (χ4v) is 1.90. The minimum Gasteiger partial charge on any atom is -0.336 e. The molecule has 17 heavy (non-hydrogen) atoms. The maximum Gasteiger partial charge on any atom is 0.239 e. The van der Waals surface area contributed by atoms with E-state index in [-0.39, 0.29) is 11.9 Å². The predicted molar refractivity (Wildman–Crippen MR) is 59.2 cm³/mol. The van der Waals surface area contributed by atoms with Crippen molar-refractivity contribution in [3.05, 3.63) is 35.4 Å². The molecule has 0 bridgehead atoms. The Morgan fingerprint density at radius 3 is 2.88 bits per heavy atom. The zero-order chi connectivity index (χ0) is 12.4. The lowest BCUT2D eigenvalue weighted by Gasteiger charge is -2.31. The van der Waals surface area contributed by atoms with Crippen LogP contribution in [0, 0.1) is 11.6 Å². The van der Waals surface area contributed by atoms with E-state index in [1.807, 2.05) is 0 Å². The quantitative estimate of drug-likeness (QED) is 0.844. The molecule has 1 saturated heterocycles. The maximum atomic E-state index is 13.0. The van der Waals surface area contributed by atoms with Crippen LogP contribution in [0.1, 0.15) is 12.5 Å². The molecule has 1 aliphatic rings. The Balaban J connectivity index is 2.09. The van der Waals surface area contributed by atoms with Crippen molar-refractivity contribution in [1.82, 2.24) is 10.2 Å². The number of hydrogen-bond donors (Lipinski definition) is 1. The Labute approximate surface area is 98.4 Å². The van der Waals surface area contributed by atoms with Crippen molar-refractivity contribution >= 4 is 5.91 Å². The van der Waals surface area contributed by atoms with Gasteiger partial charge in [0.25, 0.3) is 0 Å². The van der Waals surface area contributed by atoms with Gasteiger partial charge in [0.15, 0.2) is 11.6 Å². The lowest BCUT2D eigenvalue weighted by Crippen LogP contribution is -2.53. The zero-order valence-corrected chi connectivity index (χ0v) is 9.54. The normalized spacial score (nSPS) is 20.8. The van der Waals surface area contributed by atoms with Gasteiger partial charge >= 0.3 is 0 Å². The molecule has 1 unspecified atom stereocenters. The molecular weight excluding hydrogens is 226 g/mol. The van der Waals surface area contributed by atoms with Crippen molar-refractivity contribution in [2.45, 2.75) is 19.5 Å². The van der Waals surface area contributed by atoms with Crippen molar-refractivity contribution in [2.24, 2.45) is 0 Å². The summed E-state index contributed by atoms with van der Waals surface area (Å²) in [7, 11) is 0. The molecule has 0 aliphatic carbocycles. The van der Waals surface area contributed by atoms with E-state index in [2.05, 4.69) is 5.32 Å². The monoisotopic (exact) mass is 240 g/mol. The standard InChI is InChI=1S/C12H14F2N2O/c1-8-12(17)16(5-4-15-8)7-9-2-3-10(13)11(14)6-9/h2-3,6,8,15H,4-5,7H2,1H3. The Kier molecular flexibility index (Phi) is 3.38. The van der Waals surface area contributed by atoms with Crippen molar-refractivity contribution in [1.29, 1.82) is 0 Å². The summed E-state index contributed by atoms with van der Waals surface area (Å²) in [5, 5.41) is 3.04. The van der Waals surface area contributed by atoms with Crippen molar-refractivity contribution in [2.75, 3.05) is 13.1 Å². The molecule has 0 saturated carbocycles. The molecule has 92 valence electrons. The van der Waals surface area contributed by atoms with Crippen LogP contribution in [0.15, 0.2) is 18.2 Å². The number of piperazine rings is 1. The second kappa shape index (κ2) is 4.79. The van der Waals surface area contributed by atoms with Gasteiger partial charge in [-0.3, -0.25) is 4.79 Å². The van der Waals surface area contributed by atoms with Crippen LogP contribution in [-0.4, -0.2) is 29.9 Å². The molecule has 2 rings (SSSR count). The van der Waals surface area contributed by atoms with Gasteiger partial charge in [0.05, 0.1) is 6.04 Å². The summed E-state index contributed by atoms with van der Waals surface area (Å²) in [6.45, 7) is 3.42. The third-order valence-corrected chi connectivity index (χ3v) is 2.87. The van der Waals surface area contributed by atoms with Gasteiger partial charge in [0, 0.05) is 19.6 Å². The summed E-state index contributed by atoms with van der Waals surface area (Å²) >= 11 is 0. The first-order chi connectivity index (χ1) is 8.08. The first kappa shape index (κ1) is 12.0. The van der Waals surface area contributed by atoms with Gasteiger partial charge < -0.3 is 10.2 Å². The van der Waals surface area contributed by atoms with E-state index in [4.69, 9.17) is 0 Å². The van der Waals surface area contributed by atoms with E-state index in [0.29, 0.717) is 18.7 Å². The van der Waals surface area contributed by atoms with Gasteiger partial charge in [-0.2, -0.15) is 0 Å². The number of carbonyl (C=O) groups is 1. The van der Waals surface area contributed by atoms with E-state index in [9.17, 15) is 13.6 Å². The number of hydrogen-bond acceptors (Lipinski definition) is 2. The van der Waals surface area contributed by atoms with Crippen LogP contribution in [0.3, 0.4) is 0 Å². The topological polar surface area (TPSA) is 32.3 Å². The number of nitrogens with zero attached hydrogens (tertiary/aromatic N) is 1. The Bertz CT molecular complexity index is 437. The van der Waals surface area contributed by atoms with E-state index >= 15 is 0 Å². The van der Waals surface area contributed by atoms with E-state index in [0.717, 1.165) is 18.7 Å². The summed E-state index contributed by atoms with van der Waals surface area (Å²) in [4.78, 5) is 13.4. The number of rotatable bonds is 2. The highest BCUT2D eigenvalue weighted by atomic mass is 19.2. The summed E-state index contributed by atoms with van der Waals surface area (Å²) in [5.74, 6) is -1.76. The number of halogens is 2. The lowest BCUT2D eigenvalue weighted by molar-refractivity contribution is -0.135. The van der Waals surface area contributed by atoms with E-state index in [1.165, 1.54) is 6.07 Å². The highest BCUT2D eigenvalue weighted by molar-refractivity contribution is 5.82. The fraction of sp³-hybridized carbons (Fsp3) is 0.417. The molecule has 1 heterocycles. The first-order valence-electron chi connectivity index (χ1n) is 5.54. The number of amides is 1. The SMILES string of the molecule is CC1NCCN(Cc2ccc(F)c(F)c2)C1=O. The average Bonchev–Trinajstić information content (AvgIpc) is 2.30. The van der Waals surface area contributed by atoms with Gasteiger partial charge in [-0.15, -0.1) is 0 Å². The number of carbonyl (C=O) groups excluding carboxylic acids is 1. The fourth-order valence-electron chi connectivity index (χ4n) is 1.90. The second-order valence-electron chi connectivity index (χ2n) is 4.18. The van der Waals surface area contributed by atoms with Crippen molar-refractivity contribution in [3.63, 3.8) is 0 Å². The van der Waals surface area contributed by atoms with Gasteiger partial charge in [-0.1, -0.05) is 6.07 Å². The van der Waals surface area contributed by atoms with Crippen LogP contribution in [0.2, 0.25) is 0 Å². The molecule has 1 fully saturated rings. The highest BCUT2D eigenvalue weighted by Gasteiger charge is 2.24. The highest BCUT2D eigenvalue weighted by Crippen LogP contribution is 2.12. The molecule has 3 nitrogen and oxygen atoms in total. The minimum absolute atomic E-state index is 0.0130. The molecular formula is C12H14F2N2O. The Morgan fingerprint density at radius 1 is 1.41 bits per heavy atom. The Hall–Kier alpha value is -1.49. The zero-order valence-electron chi connectivity index (χ0n) is 9.54. The average molecular weight is 240 g/mol. The van der Waals surface area contributed by atoms with Gasteiger partial charge in [-0.05, 0) is 24.6 Å². The predicted octanol–water partition coefficient (Wildman–Crippen LogP) is 1.29. The third kappa shape index (κ3) is 2.61. The lowest BCUT2D eigenvalue weighted by atomic mass is 10.1. The third-order valence-electron chi connectivity index (χ3n) is 2.87. The van der Waals surface area contributed by atoms with E-state index < -0.39 is 11.6 Å². The molecule has 5 heteroatoms. The molecule has 0 radical (unpaired) electrons. The molecule has 1 aromatic carbocycles. The van der Waals surface area contributed by atoms with E-state index in [1.54, 1.807) is 11.8 Å². The second-order valence-corrected chi connectivity index (χ2v) is 4.18. The van der Waals surface area contributed by atoms with Crippen LogP contribution >= 0.6 is 0 Å². The van der Waals surface area contributed by atoms with Crippen LogP contribution in [-0.2, 0) is 11.3 Å². The maximum absolute atomic E-state index is 13.0. The summed E-state index contributed by atoms with van der Waals surface area (Å²) < 4.78 is 25.8. The van der Waals surface area contributed by atoms with Crippen LogP contribution in [0.5, 0.6) is 0 Å². The first-order valence-corrected chi connectivity index (χ1v) is 5.54. The molecule has 0 spiro atoms. The van der Waals surface area contributed by atoms with Crippen LogP contribution in [0.4, 0.5) is 8.78 Å². The summed E-state index contributed by atoms with van der Waals surface area (Å²) in [6.07, 6.45) is 0. The molecule has 1 aromatic rings. The number of benzene rings is 1. The van der Waals surface area contributed by atoms with Crippen LogP contribution < -0.4 is 5.32 Å². The van der Waals surface area contributed by atoms with Gasteiger partial charge in [0.2, 0.25) is 5.91 Å². The van der Waals surface area contributed by atoms with Gasteiger partial charge in [-0.25, -0.2) is 8.78 Å². The molecule has 1 N–H and O–H groups in total. The number of nitrogens with one attached hydrogen (secondary N) is 1. The Morgan fingerprint density at radius 2 is 2.18 bits per heavy atom. The van der Waals surface area contributed by atoms with Crippen LogP contribution in [0.25, 0.3) is 0 Å². The van der Waals surface area contributed by atoms with Crippen molar-refractivity contribution < 1.29 is 13.6 Å². The molecule has 0 aromatic heterocycles. The molecule has 1 amide bonds. The smallest absolute Gasteiger partial charge is 0.239 e. The largest absolute Gasteiger partial charge is 0.336 e. The molecule has 1 aliphatic heterocycles. The summed E-state index contributed by atoms with van der Waals surface area (Å²) in [6, 6.07) is 3.50. The minimum atomic E-state index is -0.877. The van der Waals surface area contributed by atoms with Crippen molar-refractivity contribution in [3.8, 4) is 0 Å². The van der Waals surface area contributed by atoms with Gasteiger partial charge in [0.1, 0.15) is 0 Å².